The smallest absolute Gasteiger partial charge is 0.403 e. The van der Waals surface area contributed by atoms with E-state index in [0.29, 0.717) is 0 Å². The van der Waals surface area contributed by atoms with Crippen LogP contribution >= 0.6 is 23.2 Å². The van der Waals surface area contributed by atoms with E-state index in [9.17, 15) is 13.2 Å². The van der Waals surface area contributed by atoms with Crippen molar-refractivity contribution in [3.63, 3.8) is 0 Å². The van der Waals surface area contributed by atoms with E-state index in [1.165, 1.54) is 12.1 Å². The van der Waals surface area contributed by atoms with Crippen LogP contribution < -0.4 is 4.74 Å². The molecule has 0 unspecified atom stereocenters. The first-order valence-corrected chi connectivity index (χ1v) is 3.77. The summed E-state index contributed by atoms with van der Waals surface area (Å²) in [6.45, 7) is 0. The van der Waals surface area contributed by atoms with Crippen LogP contribution in [0.2, 0.25) is 10.0 Å². The van der Waals surface area contributed by atoms with Crippen molar-refractivity contribution in [1.82, 2.24) is 0 Å². The molecular weight excluding hydrogens is 228 g/mol. The molecule has 0 bridgehead atoms. The lowest BCUT2D eigenvalue weighted by molar-refractivity contribution is -0.274. The van der Waals surface area contributed by atoms with Gasteiger partial charge in [-0.15, -0.1) is 13.2 Å². The monoisotopic (exact) mass is 229 g/mol. The van der Waals surface area contributed by atoms with Gasteiger partial charge in [0.05, 0.1) is 10.0 Å². The average Bonchev–Trinajstić information content (AvgIpc) is 1.95. The number of hydrogen-bond donors (Lipinski definition) is 0. The van der Waals surface area contributed by atoms with Crippen molar-refractivity contribution in [1.29, 1.82) is 0 Å². The first kappa shape index (κ1) is 10.5. The number of hydrogen-bond acceptors (Lipinski definition) is 1. The fraction of sp³-hybridized carbons (Fsp3) is 0.143. The van der Waals surface area contributed by atoms with E-state index in [-0.39, 0.29) is 10.0 Å². The maximum Gasteiger partial charge on any atom is 0.573 e. The van der Waals surface area contributed by atoms with E-state index >= 15 is 0 Å². The Morgan fingerprint density at radius 3 is 2.38 bits per heavy atom. The van der Waals surface area contributed by atoms with Gasteiger partial charge in [0.2, 0.25) is 0 Å². The summed E-state index contributed by atoms with van der Waals surface area (Å²) in [5, 5.41) is -0.508. The van der Waals surface area contributed by atoms with Crippen LogP contribution in [0.1, 0.15) is 0 Å². The molecular formula is C7H2Cl2F3O. The molecule has 0 fully saturated rings. The molecule has 0 aromatic heterocycles. The standard InChI is InChI=1S/C7H2Cl2F3O/c8-4-2-1-3-5(9)6(4)13-7(10,11)12/h1-2H. The molecule has 0 saturated heterocycles. The minimum atomic E-state index is -4.80. The van der Waals surface area contributed by atoms with Crippen LogP contribution in [0.4, 0.5) is 13.2 Å². The first-order chi connectivity index (χ1) is 5.90. The Balaban J connectivity index is 3.00. The highest BCUT2D eigenvalue weighted by Crippen LogP contribution is 2.35. The molecule has 13 heavy (non-hydrogen) atoms. The molecule has 0 aliphatic heterocycles. The van der Waals surface area contributed by atoms with Crippen LogP contribution in [0, 0.1) is 6.07 Å². The summed E-state index contributed by atoms with van der Waals surface area (Å²) < 4.78 is 38.8. The van der Waals surface area contributed by atoms with E-state index in [4.69, 9.17) is 23.2 Å². The topological polar surface area (TPSA) is 9.23 Å². The lowest BCUT2D eigenvalue weighted by Crippen LogP contribution is -2.17. The minimum Gasteiger partial charge on any atom is -0.403 e. The summed E-state index contributed by atoms with van der Waals surface area (Å²) in [6, 6.07) is 4.82. The van der Waals surface area contributed by atoms with Crippen LogP contribution in [0.15, 0.2) is 12.1 Å². The van der Waals surface area contributed by atoms with Gasteiger partial charge in [-0.1, -0.05) is 29.3 Å². The zero-order valence-corrected chi connectivity index (χ0v) is 7.46. The molecule has 71 valence electrons. The van der Waals surface area contributed by atoms with Crippen molar-refractivity contribution < 1.29 is 17.9 Å². The molecule has 0 saturated carbocycles. The van der Waals surface area contributed by atoms with E-state index in [1.807, 2.05) is 0 Å². The first-order valence-electron chi connectivity index (χ1n) is 3.01. The largest absolute Gasteiger partial charge is 0.573 e. The molecule has 0 spiro atoms. The SMILES string of the molecule is FC(F)(F)Oc1c(Cl)[c]ccc1Cl. The molecule has 0 amide bonds. The van der Waals surface area contributed by atoms with Gasteiger partial charge >= 0.3 is 6.36 Å². The highest BCUT2D eigenvalue weighted by molar-refractivity contribution is 6.37. The highest BCUT2D eigenvalue weighted by atomic mass is 35.5. The second-order valence-corrected chi connectivity index (χ2v) is 2.80. The third kappa shape index (κ3) is 2.97. The molecule has 1 aromatic rings. The Labute approximate surface area is 82.0 Å². The average molecular weight is 230 g/mol. The molecule has 6 heteroatoms. The van der Waals surface area contributed by atoms with Crippen LogP contribution in [0.3, 0.4) is 0 Å². The van der Waals surface area contributed by atoms with Gasteiger partial charge in [0.15, 0.2) is 5.75 Å². The Morgan fingerprint density at radius 2 is 1.92 bits per heavy atom. The molecule has 0 heterocycles. The third-order valence-electron chi connectivity index (χ3n) is 1.07. The van der Waals surface area contributed by atoms with Gasteiger partial charge < -0.3 is 4.74 Å². The number of alkyl halides is 3. The zero-order valence-electron chi connectivity index (χ0n) is 5.95. The Kier molecular flexibility index (Phi) is 2.93. The summed E-state index contributed by atoms with van der Waals surface area (Å²) in [5.74, 6) is -0.627. The minimum absolute atomic E-state index is 0.207. The van der Waals surface area contributed by atoms with E-state index < -0.39 is 12.1 Å². The van der Waals surface area contributed by atoms with Crippen molar-refractivity contribution in [3.05, 3.63) is 28.2 Å². The molecule has 0 N–H and O–H groups in total. The second-order valence-electron chi connectivity index (χ2n) is 2.02. The lowest BCUT2D eigenvalue weighted by atomic mass is 10.3. The molecule has 1 aromatic carbocycles. The normalized spacial score (nSPS) is 11.5. The summed E-state index contributed by atoms with van der Waals surface area (Å²) in [7, 11) is 0. The predicted octanol–water partition coefficient (Wildman–Crippen LogP) is 3.69. The van der Waals surface area contributed by atoms with Crippen molar-refractivity contribution in [2.24, 2.45) is 0 Å². The van der Waals surface area contributed by atoms with E-state index in [2.05, 4.69) is 10.8 Å². The molecule has 1 radical (unpaired) electrons. The van der Waals surface area contributed by atoms with Crippen LogP contribution in [0.5, 0.6) is 5.75 Å². The van der Waals surface area contributed by atoms with Gasteiger partial charge in [0, 0.05) is 6.07 Å². The maximum atomic E-state index is 11.7. The van der Waals surface area contributed by atoms with Crippen LogP contribution in [-0.2, 0) is 0 Å². The van der Waals surface area contributed by atoms with Gasteiger partial charge in [0.1, 0.15) is 0 Å². The van der Waals surface area contributed by atoms with Gasteiger partial charge in [-0.2, -0.15) is 0 Å². The molecule has 0 aliphatic rings. The van der Waals surface area contributed by atoms with Crippen LogP contribution in [0.25, 0.3) is 0 Å². The Hall–Kier alpha value is -0.610. The highest BCUT2D eigenvalue weighted by Gasteiger charge is 2.33. The van der Waals surface area contributed by atoms with E-state index in [1.54, 1.807) is 0 Å². The molecule has 1 rings (SSSR count). The van der Waals surface area contributed by atoms with Crippen molar-refractivity contribution >= 4 is 23.2 Å². The lowest BCUT2D eigenvalue weighted by Gasteiger charge is -2.10. The fourth-order valence-electron chi connectivity index (χ4n) is 0.643. The summed E-state index contributed by atoms with van der Waals surface area (Å²) in [5.41, 5.74) is 0. The van der Waals surface area contributed by atoms with Gasteiger partial charge in [-0.05, 0) is 6.07 Å². The predicted molar refractivity (Wildman–Crippen MR) is 42.0 cm³/mol. The van der Waals surface area contributed by atoms with Gasteiger partial charge in [-0.3, -0.25) is 0 Å². The summed E-state index contributed by atoms with van der Waals surface area (Å²) in [4.78, 5) is 0. The Morgan fingerprint density at radius 1 is 1.31 bits per heavy atom. The second kappa shape index (κ2) is 3.64. The quantitative estimate of drug-likeness (QED) is 0.714. The number of ether oxygens (including phenoxy) is 1. The number of rotatable bonds is 1. The molecule has 0 aliphatic carbocycles. The summed E-state index contributed by atoms with van der Waals surface area (Å²) in [6.07, 6.45) is -4.80. The van der Waals surface area contributed by atoms with Crippen molar-refractivity contribution in [2.75, 3.05) is 0 Å². The van der Waals surface area contributed by atoms with Crippen molar-refractivity contribution in [3.8, 4) is 5.75 Å². The summed E-state index contributed by atoms with van der Waals surface area (Å²) >= 11 is 10.8. The fourth-order valence-corrected chi connectivity index (χ4v) is 1.09. The zero-order chi connectivity index (χ0) is 10.1. The molecule has 1 nitrogen and oxygen atoms in total. The molecule has 0 atom stereocenters. The van der Waals surface area contributed by atoms with Gasteiger partial charge in [-0.25, -0.2) is 0 Å². The third-order valence-corrected chi connectivity index (χ3v) is 1.65. The maximum absolute atomic E-state index is 11.7. The number of halogens is 5. The number of benzene rings is 1. The van der Waals surface area contributed by atoms with Gasteiger partial charge in [0.25, 0.3) is 0 Å². The van der Waals surface area contributed by atoms with Crippen LogP contribution in [-0.4, -0.2) is 6.36 Å². The van der Waals surface area contributed by atoms with E-state index in [0.717, 1.165) is 0 Å². The van der Waals surface area contributed by atoms with Crippen molar-refractivity contribution in [2.45, 2.75) is 6.36 Å². The Bertz CT molecular complexity index is 291.